The van der Waals surface area contributed by atoms with Crippen LogP contribution in [0.25, 0.3) is 10.8 Å². The van der Waals surface area contributed by atoms with E-state index in [0.29, 0.717) is 23.2 Å². The lowest BCUT2D eigenvalue weighted by molar-refractivity contribution is 0.303. The summed E-state index contributed by atoms with van der Waals surface area (Å²) in [6.07, 6.45) is 0. The molecule has 0 radical (unpaired) electrons. The second kappa shape index (κ2) is 9.08. The van der Waals surface area contributed by atoms with Gasteiger partial charge in [-0.25, -0.2) is 0 Å². The minimum absolute atomic E-state index is 0.307. The maximum absolute atomic E-state index is 6.27. The standard InChI is InChI=1S/C24H18BrCl2NO/c25-18-11-12-24(29-15-20-21(26)8-4-9-22(20)27)17(13-18)14-28-23-10-3-6-16-5-1-2-7-19(16)23/h1-13,28H,14-15H2. The van der Waals surface area contributed by atoms with Crippen molar-refractivity contribution in [2.24, 2.45) is 0 Å². The van der Waals surface area contributed by atoms with E-state index < -0.39 is 0 Å². The van der Waals surface area contributed by atoms with Crippen molar-refractivity contribution < 1.29 is 4.74 Å². The molecule has 0 aromatic heterocycles. The largest absolute Gasteiger partial charge is 0.488 e. The first-order valence-electron chi connectivity index (χ1n) is 9.17. The summed E-state index contributed by atoms with van der Waals surface area (Å²) in [7, 11) is 0. The number of rotatable bonds is 6. The zero-order chi connectivity index (χ0) is 20.2. The van der Waals surface area contributed by atoms with Crippen LogP contribution >= 0.6 is 39.1 Å². The molecule has 0 spiro atoms. The van der Waals surface area contributed by atoms with Gasteiger partial charge in [0.15, 0.2) is 0 Å². The van der Waals surface area contributed by atoms with E-state index in [2.05, 4.69) is 63.7 Å². The molecular formula is C24H18BrCl2NO. The van der Waals surface area contributed by atoms with E-state index in [1.165, 1.54) is 10.8 Å². The Morgan fingerprint density at radius 2 is 1.55 bits per heavy atom. The number of fused-ring (bicyclic) bond motifs is 1. The van der Waals surface area contributed by atoms with E-state index in [4.69, 9.17) is 27.9 Å². The molecular weight excluding hydrogens is 469 g/mol. The highest BCUT2D eigenvalue weighted by Gasteiger charge is 2.10. The zero-order valence-corrected chi connectivity index (χ0v) is 18.6. The van der Waals surface area contributed by atoms with Crippen molar-refractivity contribution in [1.82, 2.24) is 0 Å². The molecule has 1 N–H and O–H groups in total. The topological polar surface area (TPSA) is 21.3 Å². The van der Waals surface area contributed by atoms with Gasteiger partial charge in [-0.2, -0.15) is 0 Å². The summed E-state index contributed by atoms with van der Waals surface area (Å²) >= 11 is 16.1. The third-order valence-electron chi connectivity index (χ3n) is 4.72. The number of ether oxygens (including phenoxy) is 1. The van der Waals surface area contributed by atoms with Crippen molar-refractivity contribution in [3.8, 4) is 5.75 Å². The third-order valence-corrected chi connectivity index (χ3v) is 5.92. The monoisotopic (exact) mass is 485 g/mol. The molecule has 5 heteroatoms. The SMILES string of the molecule is Clc1cccc(Cl)c1COc1ccc(Br)cc1CNc1cccc2ccccc12. The van der Waals surface area contributed by atoms with E-state index in [-0.39, 0.29) is 0 Å². The number of hydrogen-bond acceptors (Lipinski definition) is 2. The van der Waals surface area contributed by atoms with Crippen molar-refractivity contribution in [2.75, 3.05) is 5.32 Å². The number of halogens is 3. The first-order valence-corrected chi connectivity index (χ1v) is 10.7. The fraction of sp³-hybridized carbons (Fsp3) is 0.0833. The normalized spacial score (nSPS) is 10.9. The predicted octanol–water partition coefficient (Wildman–Crippen LogP) is 8.10. The molecule has 0 bridgehead atoms. The first kappa shape index (κ1) is 20.1. The van der Waals surface area contributed by atoms with Crippen LogP contribution in [0.2, 0.25) is 10.0 Å². The second-order valence-electron chi connectivity index (χ2n) is 6.62. The molecule has 0 unspecified atom stereocenters. The molecule has 0 aliphatic rings. The average molecular weight is 487 g/mol. The van der Waals surface area contributed by atoms with Gasteiger partial charge >= 0.3 is 0 Å². The van der Waals surface area contributed by atoms with Gasteiger partial charge in [-0.3, -0.25) is 0 Å². The van der Waals surface area contributed by atoms with Crippen LogP contribution in [0.5, 0.6) is 5.75 Å². The van der Waals surface area contributed by atoms with E-state index in [1.807, 2.05) is 36.4 Å². The van der Waals surface area contributed by atoms with Gasteiger partial charge < -0.3 is 10.1 Å². The number of nitrogens with one attached hydrogen (secondary N) is 1. The summed E-state index contributed by atoms with van der Waals surface area (Å²) in [5, 5.41) is 7.14. The van der Waals surface area contributed by atoms with Crippen LogP contribution in [0.1, 0.15) is 11.1 Å². The highest BCUT2D eigenvalue weighted by molar-refractivity contribution is 9.10. The Morgan fingerprint density at radius 3 is 2.38 bits per heavy atom. The molecule has 0 saturated heterocycles. The minimum atomic E-state index is 0.307. The number of anilines is 1. The van der Waals surface area contributed by atoms with Crippen molar-refractivity contribution in [1.29, 1.82) is 0 Å². The van der Waals surface area contributed by atoms with Gasteiger partial charge in [-0.05, 0) is 41.8 Å². The molecule has 0 fully saturated rings. The Morgan fingerprint density at radius 1 is 0.828 bits per heavy atom. The van der Waals surface area contributed by atoms with Crippen molar-refractivity contribution in [2.45, 2.75) is 13.2 Å². The Labute approximate surface area is 188 Å². The molecule has 29 heavy (non-hydrogen) atoms. The molecule has 2 nitrogen and oxygen atoms in total. The third kappa shape index (κ3) is 4.69. The van der Waals surface area contributed by atoms with Gasteiger partial charge in [0.25, 0.3) is 0 Å². The van der Waals surface area contributed by atoms with Gasteiger partial charge in [0.2, 0.25) is 0 Å². The smallest absolute Gasteiger partial charge is 0.124 e. The summed E-state index contributed by atoms with van der Waals surface area (Å²) in [4.78, 5) is 0. The molecule has 0 aliphatic heterocycles. The zero-order valence-electron chi connectivity index (χ0n) is 15.5. The molecule has 0 amide bonds. The Hall–Kier alpha value is -2.20. The summed E-state index contributed by atoms with van der Waals surface area (Å²) in [5.41, 5.74) is 2.91. The van der Waals surface area contributed by atoms with Gasteiger partial charge in [-0.15, -0.1) is 0 Å². The van der Waals surface area contributed by atoms with Crippen LogP contribution in [0.15, 0.2) is 83.3 Å². The minimum Gasteiger partial charge on any atom is -0.488 e. The van der Waals surface area contributed by atoms with E-state index in [9.17, 15) is 0 Å². The second-order valence-corrected chi connectivity index (χ2v) is 8.35. The van der Waals surface area contributed by atoms with Gasteiger partial charge in [0.05, 0.1) is 0 Å². The molecule has 4 rings (SSSR count). The Kier molecular flexibility index (Phi) is 6.29. The number of benzene rings is 4. The summed E-state index contributed by atoms with van der Waals surface area (Å²) < 4.78 is 7.08. The molecule has 0 saturated carbocycles. The fourth-order valence-corrected chi connectivity index (χ4v) is 4.13. The van der Waals surface area contributed by atoms with Gasteiger partial charge in [0.1, 0.15) is 12.4 Å². The maximum Gasteiger partial charge on any atom is 0.124 e. The van der Waals surface area contributed by atoms with Gasteiger partial charge in [0, 0.05) is 43.3 Å². The highest BCUT2D eigenvalue weighted by Crippen LogP contribution is 2.30. The Bertz CT molecular complexity index is 1140. The Balaban J connectivity index is 1.55. The van der Waals surface area contributed by atoms with Crippen LogP contribution in [-0.2, 0) is 13.2 Å². The van der Waals surface area contributed by atoms with Crippen LogP contribution in [0.4, 0.5) is 5.69 Å². The van der Waals surface area contributed by atoms with Crippen LogP contribution in [0, 0.1) is 0 Å². The van der Waals surface area contributed by atoms with Crippen LogP contribution in [0.3, 0.4) is 0 Å². The first-order chi connectivity index (χ1) is 14.1. The van der Waals surface area contributed by atoms with Crippen molar-refractivity contribution in [3.63, 3.8) is 0 Å². The lowest BCUT2D eigenvalue weighted by Gasteiger charge is -2.15. The molecule has 146 valence electrons. The highest BCUT2D eigenvalue weighted by atomic mass is 79.9. The summed E-state index contributed by atoms with van der Waals surface area (Å²) in [6.45, 7) is 0.931. The van der Waals surface area contributed by atoms with Crippen molar-refractivity contribution in [3.05, 3.63) is 105 Å². The van der Waals surface area contributed by atoms with Gasteiger partial charge in [-0.1, -0.05) is 81.6 Å². The lowest BCUT2D eigenvalue weighted by Crippen LogP contribution is -2.05. The average Bonchev–Trinajstić information content (AvgIpc) is 2.73. The molecule has 4 aromatic rings. The van der Waals surface area contributed by atoms with E-state index in [1.54, 1.807) is 0 Å². The quantitative estimate of drug-likeness (QED) is 0.297. The summed E-state index contributed by atoms with van der Waals surface area (Å²) in [6, 6.07) is 26.0. The molecule has 0 aliphatic carbocycles. The van der Waals surface area contributed by atoms with Crippen molar-refractivity contribution >= 4 is 55.6 Å². The fourth-order valence-electron chi connectivity index (χ4n) is 3.22. The summed E-state index contributed by atoms with van der Waals surface area (Å²) in [5.74, 6) is 0.789. The van der Waals surface area contributed by atoms with Crippen LogP contribution < -0.4 is 10.1 Å². The molecule has 0 heterocycles. The van der Waals surface area contributed by atoms with Crippen LogP contribution in [-0.4, -0.2) is 0 Å². The number of hydrogen-bond donors (Lipinski definition) is 1. The maximum atomic E-state index is 6.27. The lowest BCUT2D eigenvalue weighted by atomic mass is 10.1. The predicted molar refractivity (Wildman–Crippen MR) is 126 cm³/mol. The molecule has 0 atom stereocenters. The van der Waals surface area contributed by atoms with E-state index in [0.717, 1.165) is 27.0 Å². The molecule has 4 aromatic carbocycles. The van der Waals surface area contributed by atoms with E-state index >= 15 is 0 Å².